The van der Waals surface area contributed by atoms with Crippen molar-refractivity contribution in [3.8, 4) is 0 Å². The van der Waals surface area contributed by atoms with Crippen LogP contribution < -0.4 is 0 Å². The number of unbranched alkanes of at least 4 members (excludes halogenated alkanes) is 20. The van der Waals surface area contributed by atoms with Crippen molar-refractivity contribution in [1.82, 2.24) is 9.80 Å². The van der Waals surface area contributed by atoms with Crippen molar-refractivity contribution in [2.24, 2.45) is 11.8 Å². The number of esters is 6. The fourth-order valence-electron chi connectivity index (χ4n) is 8.58. The minimum Gasteiger partial charge on any atom is -0.466 e. The van der Waals surface area contributed by atoms with Gasteiger partial charge < -0.3 is 38.1 Å². The molecule has 0 aromatic heterocycles. The maximum absolute atomic E-state index is 13.6. The SMILES string of the molecule is CCCCCCCCOC(=O)CC(CC(=O)OCCCCCCCC)CC(=O)OC[C@@H]1C[C@H](OC(=O)CC(CC(=O)OCCCCCCCC)CC(=O)OCCCCCCCC)CN1C(=O)OCCN(C)C. The number of hydrogen-bond acceptors (Lipinski definition) is 15. The van der Waals surface area contributed by atoms with Crippen molar-refractivity contribution >= 4 is 41.9 Å². The van der Waals surface area contributed by atoms with Gasteiger partial charge in [0.1, 0.15) is 19.3 Å². The zero-order valence-corrected chi connectivity index (χ0v) is 46.0. The number of likely N-dealkylation sites (tertiary alicyclic amines) is 1. The summed E-state index contributed by atoms with van der Waals surface area (Å²) in [5, 5.41) is 0. The lowest BCUT2D eigenvalue weighted by Gasteiger charge is -2.24. The van der Waals surface area contributed by atoms with Gasteiger partial charge in [-0.1, -0.05) is 156 Å². The molecule has 1 fully saturated rings. The van der Waals surface area contributed by atoms with Crippen LogP contribution in [0.4, 0.5) is 4.79 Å². The van der Waals surface area contributed by atoms with Crippen LogP contribution >= 0.6 is 0 Å². The summed E-state index contributed by atoms with van der Waals surface area (Å²) in [5.41, 5.74) is 0. The first-order chi connectivity index (χ1) is 34.8. The monoisotopic (exact) mass is 1020 g/mol. The minimum absolute atomic E-state index is 0.0441. The maximum Gasteiger partial charge on any atom is 0.410 e. The number of likely N-dealkylation sites (N-methyl/N-ethyl adjacent to an activating group) is 1. The summed E-state index contributed by atoms with van der Waals surface area (Å²) in [7, 11) is 3.69. The quantitative estimate of drug-likeness (QED) is 0.0318. The summed E-state index contributed by atoms with van der Waals surface area (Å²) in [4.78, 5) is 95.6. The highest BCUT2D eigenvalue weighted by Gasteiger charge is 2.40. The molecular formula is C56H100N2O14. The lowest BCUT2D eigenvalue weighted by molar-refractivity contribution is -0.154. The molecule has 72 heavy (non-hydrogen) atoms. The zero-order chi connectivity index (χ0) is 53.0. The topological polar surface area (TPSA) is 191 Å². The van der Waals surface area contributed by atoms with Crippen molar-refractivity contribution < 1.29 is 66.7 Å². The average molecular weight is 1030 g/mol. The van der Waals surface area contributed by atoms with E-state index in [9.17, 15) is 33.6 Å². The molecule has 1 saturated heterocycles. The van der Waals surface area contributed by atoms with Crippen LogP contribution in [0.1, 0.15) is 227 Å². The molecule has 0 saturated carbocycles. The molecule has 16 heteroatoms. The van der Waals surface area contributed by atoms with Gasteiger partial charge in [-0.05, 0) is 51.6 Å². The number of carbonyl (C=O) groups excluding carboxylic acids is 7. The Hall–Kier alpha value is -3.95. The molecule has 16 nitrogen and oxygen atoms in total. The third-order valence-electron chi connectivity index (χ3n) is 12.9. The molecule has 1 rings (SSSR count). The number of carbonyl (C=O) groups is 7. The summed E-state index contributed by atoms with van der Waals surface area (Å²) >= 11 is 0. The summed E-state index contributed by atoms with van der Waals surface area (Å²) in [5.74, 6) is -4.82. The van der Waals surface area contributed by atoms with E-state index in [1.807, 2.05) is 19.0 Å². The van der Waals surface area contributed by atoms with E-state index in [1.165, 1.54) is 30.6 Å². The molecule has 1 aliphatic heterocycles. The van der Waals surface area contributed by atoms with Gasteiger partial charge in [0.2, 0.25) is 0 Å². The van der Waals surface area contributed by atoms with E-state index in [1.54, 1.807) is 0 Å². The molecule has 0 aromatic rings. The van der Waals surface area contributed by atoms with E-state index < -0.39 is 65.9 Å². The Morgan fingerprint density at radius 1 is 0.417 bits per heavy atom. The first-order valence-corrected chi connectivity index (χ1v) is 28.4. The normalized spacial score (nSPS) is 14.4. The Kier molecular flexibility index (Phi) is 40.9. The van der Waals surface area contributed by atoms with Crippen molar-refractivity contribution in [3.63, 3.8) is 0 Å². The van der Waals surface area contributed by atoms with Gasteiger partial charge >= 0.3 is 41.9 Å². The van der Waals surface area contributed by atoms with Crippen molar-refractivity contribution in [2.45, 2.75) is 239 Å². The predicted molar refractivity (Wildman–Crippen MR) is 278 cm³/mol. The summed E-state index contributed by atoms with van der Waals surface area (Å²) in [6, 6.07) is -0.730. The van der Waals surface area contributed by atoms with E-state index in [-0.39, 0.29) is 91.1 Å². The third kappa shape index (κ3) is 36.9. The summed E-state index contributed by atoms with van der Waals surface area (Å²) in [6.07, 6.45) is 22.2. The molecule has 1 heterocycles. The number of ether oxygens (including phenoxy) is 7. The van der Waals surface area contributed by atoms with E-state index in [0.717, 1.165) is 128 Å². The Balaban J connectivity index is 3.03. The average Bonchev–Trinajstić information content (AvgIpc) is 3.74. The van der Waals surface area contributed by atoms with Crippen LogP contribution in [0.3, 0.4) is 0 Å². The van der Waals surface area contributed by atoms with Gasteiger partial charge in [-0.25, -0.2) is 4.79 Å². The molecule has 1 aliphatic rings. The first kappa shape index (κ1) is 66.1. The van der Waals surface area contributed by atoms with Crippen molar-refractivity contribution in [1.29, 1.82) is 0 Å². The number of hydrogen-bond donors (Lipinski definition) is 0. The van der Waals surface area contributed by atoms with Crippen LogP contribution in [-0.2, 0) is 61.9 Å². The number of nitrogens with zero attached hydrogens (tertiary/aromatic N) is 2. The Labute approximate surface area is 434 Å². The second-order valence-corrected chi connectivity index (χ2v) is 20.2. The van der Waals surface area contributed by atoms with Gasteiger partial charge in [0.05, 0.1) is 39.0 Å². The number of amides is 1. The van der Waals surface area contributed by atoms with Crippen LogP contribution in [0.2, 0.25) is 0 Å². The van der Waals surface area contributed by atoms with Crippen molar-refractivity contribution in [2.75, 3.05) is 66.8 Å². The molecule has 0 N–H and O–H groups in total. The molecule has 0 aromatic carbocycles. The molecule has 0 unspecified atom stereocenters. The zero-order valence-electron chi connectivity index (χ0n) is 46.0. The molecule has 418 valence electrons. The van der Waals surface area contributed by atoms with Gasteiger partial charge in [0.25, 0.3) is 0 Å². The van der Waals surface area contributed by atoms with Crippen LogP contribution in [-0.4, -0.2) is 131 Å². The second kappa shape index (κ2) is 44.5. The van der Waals surface area contributed by atoms with E-state index in [4.69, 9.17) is 33.2 Å². The van der Waals surface area contributed by atoms with E-state index in [0.29, 0.717) is 6.54 Å². The smallest absolute Gasteiger partial charge is 0.410 e. The predicted octanol–water partition coefficient (Wildman–Crippen LogP) is 11.4. The van der Waals surface area contributed by atoms with E-state index >= 15 is 0 Å². The third-order valence-corrected chi connectivity index (χ3v) is 12.9. The van der Waals surface area contributed by atoms with Gasteiger partial charge in [-0.2, -0.15) is 0 Å². The first-order valence-electron chi connectivity index (χ1n) is 28.4. The molecule has 0 spiro atoms. The lowest BCUT2D eigenvalue weighted by atomic mass is 9.97. The highest BCUT2D eigenvalue weighted by atomic mass is 16.6. The van der Waals surface area contributed by atoms with Gasteiger partial charge in [0.15, 0.2) is 0 Å². The summed E-state index contributed by atoms with van der Waals surface area (Å²) < 4.78 is 39.2. The van der Waals surface area contributed by atoms with Gasteiger partial charge in [-0.15, -0.1) is 0 Å². The van der Waals surface area contributed by atoms with E-state index in [2.05, 4.69) is 27.7 Å². The Bertz CT molecular complexity index is 1400. The molecule has 1 amide bonds. The highest BCUT2D eigenvalue weighted by Crippen LogP contribution is 2.26. The second-order valence-electron chi connectivity index (χ2n) is 20.2. The maximum atomic E-state index is 13.6. The minimum atomic E-state index is -0.807. The van der Waals surface area contributed by atoms with Crippen molar-refractivity contribution in [3.05, 3.63) is 0 Å². The number of rotatable bonds is 46. The Morgan fingerprint density at radius 2 is 0.736 bits per heavy atom. The molecular weight excluding hydrogens is 925 g/mol. The molecule has 2 atom stereocenters. The molecule has 0 radical (unpaired) electrons. The fraction of sp³-hybridized carbons (Fsp3) is 0.875. The standard InChI is InChI=1S/C56H100N2O14/c1-7-11-15-19-23-27-32-66-50(59)37-46(38-51(60)67-33-28-24-20-16-12-8-2)41-54(63)71-45-48-43-49(44-58(48)56(65)70-36-31-57(5)6)72-55(64)42-47(39-52(61)68-34-29-25-21-17-13-9-3)40-53(62)69-35-30-26-22-18-14-10-4/h46-49H,7-45H2,1-6H3/t48-,49-/m0/s1. The lowest BCUT2D eigenvalue weighted by Crippen LogP contribution is -2.40. The van der Waals surface area contributed by atoms with Crippen LogP contribution in [0.5, 0.6) is 0 Å². The van der Waals surface area contributed by atoms with Gasteiger partial charge in [-0.3, -0.25) is 33.7 Å². The van der Waals surface area contributed by atoms with Crippen LogP contribution in [0.15, 0.2) is 0 Å². The summed E-state index contributed by atoms with van der Waals surface area (Å²) in [6.45, 7) is 9.92. The fourth-order valence-corrected chi connectivity index (χ4v) is 8.58. The molecule has 0 aliphatic carbocycles. The molecule has 0 bridgehead atoms. The van der Waals surface area contributed by atoms with Crippen LogP contribution in [0.25, 0.3) is 0 Å². The highest BCUT2D eigenvalue weighted by molar-refractivity contribution is 5.78. The Morgan fingerprint density at radius 3 is 1.08 bits per heavy atom. The van der Waals surface area contributed by atoms with Gasteiger partial charge in [0, 0.05) is 51.5 Å². The largest absolute Gasteiger partial charge is 0.466 e. The van der Waals surface area contributed by atoms with Crippen LogP contribution in [0, 0.1) is 11.8 Å².